The summed E-state index contributed by atoms with van der Waals surface area (Å²) < 4.78 is 0. The lowest BCUT2D eigenvalue weighted by atomic mass is 10.2. The van der Waals surface area contributed by atoms with Crippen molar-refractivity contribution in [1.29, 1.82) is 0 Å². The standard InChI is InChI=1S/C14H14ClN3OS/c15-11-8-16-5-3-10(11)12-9-20-13(17-12)4-7-18-6-1-2-14(18)19/h3,5,8-9H,1-2,4,6-7H2. The number of hydrogen-bond acceptors (Lipinski definition) is 4. The van der Waals surface area contributed by atoms with E-state index in [4.69, 9.17) is 11.6 Å². The van der Waals surface area contributed by atoms with Crippen molar-refractivity contribution in [2.75, 3.05) is 13.1 Å². The zero-order valence-corrected chi connectivity index (χ0v) is 12.5. The fraction of sp³-hybridized carbons (Fsp3) is 0.357. The van der Waals surface area contributed by atoms with E-state index in [1.54, 1.807) is 23.7 Å². The molecule has 0 saturated carbocycles. The number of hydrogen-bond donors (Lipinski definition) is 0. The van der Waals surface area contributed by atoms with Crippen LogP contribution in [0, 0.1) is 0 Å². The summed E-state index contributed by atoms with van der Waals surface area (Å²) in [5.41, 5.74) is 1.78. The van der Waals surface area contributed by atoms with Gasteiger partial charge in [0.05, 0.1) is 15.7 Å². The normalized spacial score (nSPS) is 15.1. The van der Waals surface area contributed by atoms with Crippen LogP contribution in [0.5, 0.6) is 0 Å². The second kappa shape index (κ2) is 5.89. The van der Waals surface area contributed by atoms with Gasteiger partial charge in [0.1, 0.15) is 0 Å². The maximum atomic E-state index is 11.6. The van der Waals surface area contributed by atoms with Crippen molar-refractivity contribution >= 4 is 28.8 Å². The van der Waals surface area contributed by atoms with Crippen molar-refractivity contribution in [2.24, 2.45) is 0 Å². The second-order valence-corrected chi connectivity index (χ2v) is 6.07. The Morgan fingerprint density at radius 3 is 3.10 bits per heavy atom. The average molecular weight is 308 g/mol. The first-order valence-electron chi connectivity index (χ1n) is 6.56. The third kappa shape index (κ3) is 2.83. The highest BCUT2D eigenvalue weighted by Crippen LogP contribution is 2.28. The van der Waals surface area contributed by atoms with Crippen molar-refractivity contribution in [2.45, 2.75) is 19.3 Å². The molecule has 0 atom stereocenters. The number of pyridine rings is 1. The van der Waals surface area contributed by atoms with E-state index in [0.29, 0.717) is 11.4 Å². The predicted molar refractivity (Wildman–Crippen MR) is 79.9 cm³/mol. The fourth-order valence-electron chi connectivity index (χ4n) is 2.30. The van der Waals surface area contributed by atoms with Gasteiger partial charge in [-0.1, -0.05) is 11.6 Å². The minimum absolute atomic E-state index is 0.263. The third-order valence-corrected chi connectivity index (χ3v) is 4.58. The maximum absolute atomic E-state index is 11.6. The van der Waals surface area contributed by atoms with E-state index in [1.807, 2.05) is 16.3 Å². The molecule has 3 heterocycles. The van der Waals surface area contributed by atoms with Crippen molar-refractivity contribution < 1.29 is 4.79 Å². The quantitative estimate of drug-likeness (QED) is 0.872. The minimum Gasteiger partial charge on any atom is -0.342 e. The Morgan fingerprint density at radius 1 is 1.45 bits per heavy atom. The van der Waals surface area contributed by atoms with Gasteiger partial charge in [-0.25, -0.2) is 4.98 Å². The molecule has 0 radical (unpaired) electrons. The topological polar surface area (TPSA) is 46.1 Å². The van der Waals surface area contributed by atoms with Gasteiger partial charge in [-0.05, 0) is 12.5 Å². The molecule has 2 aromatic rings. The number of carbonyl (C=O) groups is 1. The Balaban J connectivity index is 1.68. The molecule has 6 heteroatoms. The molecule has 0 aromatic carbocycles. The summed E-state index contributed by atoms with van der Waals surface area (Å²) >= 11 is 7.73. The second-order valence-electron chi connectivity index (χ2n) is 4.72. The third-order valence-electron chi connectivity index (χ3n) is 3.37. The molecular weight excluding hydrogens is 294 g/mol. The van der Waals surface area contributed by atoms with Gasteiger partial charge in [-0.2, -0.15) is 0 Å². The van der Waals surface area contributed by atoms with Crippen LogP contribution in [0.1, 0.15) is 17.8 Å². The SMILES string of the molecule is O=C1CCCN1CCc1nc(-c2ccncc2Cl)cs1. The minimum atomic E-state index is 0.263. The molecule has 0 unspecified atom stereocenters. The van der Waals surface area contributed by atoms with Crippen molar-refractivity contribution in [3.8, 4) is 11.3 Å². The van der Waals surface area contributed by atoms with Gasteiger partial charge in [0.15, 0.2) is 0 Å². The number of aromatic nitrogens is 2. The molecular formula is C14H14ClN3OS. The van der Waals surface area contributed by atoms with E-state index >= 15 is 0 Å². The van der Waals surface area contributed by atoms with Crippen LogP contribution in [0.4, 0.5) is 0 Å². The lowest BCUT2D eigenvalue weighted by Gasteiger charge is -2.13. The van der Waals surface area contributed by atoms with Crippen LogP contribution in [0.15, 0.2) is 23.8 Å². The molecule has 1 fully saturated rings. The summed E-state index contributed by atoms with van der Waals surface area (Å²) in [5.74, 6) is 0.263. The van der Waals surface area contributed by atoms with E-state index in [9.17, 15) is 4.79 Å². The van der Waals surface area contributed by atoms with Crippen LogP contribution >= 0.6 is 22.9 Å². The number of nitrogens with zero attached hydrogens (tertiary/aromatic N) is 3. The summed E-state index contributed by atoms with van der Waals surface area (Å²) in [5, 5.41) is 3.65. The Morgan fingerprint density at radius 2 is 2.35 bits per heavy atom. The van der Waals surface area contributed by atoms with Crippen molar-refractivity contribution in [3.63, 3.8) is 0 Å². The largest absolute Gasteiger partial charge is 0.342 e. The monoisotopic (exact) mass is 307 g/mol. The summed E-state index contributed by atoms with van der Waals surface area (Å²) in [6.45, 7) is 1.64. The molecule has 20 heavy (non-hydrogen) atoms. The molecule has 0 N–H and O–H groups in total. The number of halogens is 1. The highest BCUT2D eigenvalue weighted by atomic mass is 35.5. The molecule has 1 aliphatic rings. The molecule has 1 saturated heterocycles. The van der Waals surface area contributed by atoms with Crippen LogP contribution in [0.3, 0.4) is 0 Å². The molecule has 2 aromatic heterocycles. The molecule has 0 aliphatic carbocycles. The van der Waals surface area contributed by atoms with E-state index in [1.165, 1.54) is 0 Å². The number of carbonyl (C=O) groups excluding carboxylic acids is 1. The molecule has 0 bridgehead atoms. The van der Waals surface area contributed by atoms with Gasteiger partial charge < -0.3 is 4.90 Å². The summed E-state index contributed by atoms with van der Waals surface area (Å²) in [7, 11) is 0. The number of thiazole rings is 1. The maximum Gasteiger partial charge on any atom is 0.222 e. The van der Waals surface area contributed by atoms with Crippen LogP contribution in [0.2, 0.25) is 5.02 Å². The predicted octanol–water partition coefficient (Wildman–Crippen LogP) is 3.02. The van der Waals surface area contributed by atoms with E-state index in [0.717, 1.165) is 42.2 Å². The van der Waals surface area contributed by atoms with Crippen LogP contribution in [-0.2, 0) is 11.2 Å². The average Bonchev–Trinajstić information content (AvgIpc) is 3.06. The number of likely N-dealkylation sites (tertiary alicyclic amines) is 1. The first kappa shape index (κ1) is 13.5. The van der Waals surface area contributed by atoms with Gasteiger partial charge in [0.25, 0.3) is 0 Å². The summed E-state index contributed by atoms with van der Waals surface area (Å²) in [4.78, 5) is 22.0. The molecule has 3 rings (SSSR count). The van der Waals surface area contributed by atoms with Crippen molar-refractivity contribution in [3.05, 3.63) is 33.9 Å². The van der Waals surface area contributed by atoms with E-state index in [2.05, 4.69) is 9.97 Å². The summed E-state index contributed by atoms with van der Waals surface area (Å²) in [6, 6.07) is 1.87. The first-order valence-corrected chi connectivity index (χ1v) is 7.82. The Hall–Kier alpha value is -1.46. The zero-order valence-electron chi connectivity index (χ0n) is 10.9. The van der Waals surface area contributed by atoms with Gasteiger partial charge in [-0.3, -0.25) is 9.78 Å². The van der Waals surface area contributed by atoms with Crippen molar-refractivity contribution in [1.82, 2.24) is 14.9 Å². The van der Waals surface area contributed by atoms with Crippen LogP contribution in [-0.4, -0.2) is 33.9 Å². The molecule has 1 amide bonds. The van der Waals surface area contributed by atoms with Crippen LogP contribution < -0.4 is 0 Å². The highest BCUT2D eigenvalue weighted by Gasteiger charge is 2.20. The molecule has 1 aliphatic heterocycles. The van der Waals surface area contributed by atoms with Gasteiger partial charge >= 0.3 is 0 Å². The lowest BCUT2D eigenvalue weighted by molar-refractivity contribution is -0.127. The summed E-state index contributed by atoms with van der Waals surface area (Å²) in [6.07, 6.45) is 5.81. The van der Waals surface area contributed by atoms with E-state index < -0.39 is 0 Å². The van der Waals surface area contributed by atoms with Gasteiger partial charge in [0.2, 0.25) is 5.91 Å². The van der Waals surface area contributed by atoms with Crippen LogP contribution in [0.25, 0.3) is 11.3 Å². The highest BCUT2D eigenvalue weighted by molar-refractivity contribution is 7.09. The zero-order chi connectivity index (χ0) is 13.9. The van der Waals surface area contributed by atoms with Gasteiger partial charge in [0, 0.05) is 49.3 Å². The Labute approximate surface area is 126 Å². The lowest BCUT2D eigenvalue weighted by Crippen LogP contribution is -2.26. The van der Waals surface area contributed by atoms with E-state index in [-0.39, 0.29) is 5.91 Å². The Kier molecular flexibility index (Phi) is 3.98. The molecule has 104 valence electrons. The molecule has 0 spiro atoms. The Bertz CT molecular complexity index is 628. The molecule has 4 nitrogen and oxygen atoms in total. The van der Waals surface area contributed by atoms with Gasteiger partial charge in [-0.15, -0.1) is 11.3 Å². The fourth-order valence-corrected chi connectivity index (χ4v) is 3.31. The smallest absolute Gasteiger partial charge is 0.222 e. The first-order chi connectivity index (χ1) is 9.74. The number of rotatable bonds is 4. The number of amides is 1.